The Labute approximate surface area is 170 Å². The molecule has 2 heterocycles. The lowest BCUT2D eigenvalue weighted by molar-refractivity contribution is -0.144. The Morgan fingerprint density at radius 2 is 1.66 bits per heavy atom. The molecule has 0 aliphatic rings. The summed E-state index contributed by atoms with van der Waals surface area (Å²) >= 11 is 1.45. The molecule has 0 radical (unpaired) electrons. The van der Waals surface area contributed by atoms with Gasteiger partial charge in [-0.25, -0.2) is 9.67 Å². The van der Waals surface area contributed by atoms with Gasteiger partial charge in [-0.2, -0.15) is 0 Å². The lowest BCUT2D eigenvalue weighted by atomic mass is 10.3. The van der Waals surface area contributed by atoms with Crippen LogP contribution in [0, 0.1) is 0 Å². The SMILES string of the molecule is COC(=O)CN(CC(=O)OC)C(=O)c1nc(-c2cccs2)n(-c2ccccc2)n1. The maximum atomic E-state index is 13.0. The summed E-state index contributed by atoms with van der Waals surface area (Å²) < 4.78 is 10.8. The molecule has 150 valence electrons. The zero-order valence-corrected chi connectivity index (χ0v) is 16.6. The van der Waals surface area contributed by atoms with Gasteiger partial charge in [0.1, 0.15) is 13.1 Å². The van der Waals surface area contributed by atoms with Gasteiger partial charge in [-0.1, -0.05) is 24.3 Å². The fraction of sp³-hybridized carbons (Fsp3) is 0.211. The van der Waals surface area contributed by atoms with Crippen LogP contribution in [-0.4, -0.2) is 64.8 Å². The van der Waals surface area contributed by atoms with Crippen molar-refractivity contribution in [2.24, 2.45) is 0 Å². The molecule has 1 aromatic carbocycles. The number of benzene rings is 1. The van der Waals surface area contributed by atoms with E-state index < -0.39 is 30.9 Å². The minimum absolute atomic E-state index is 0.148. The van der Waals surface area contributed by atoms with Crippen LogP contribution in [-0.2, 0) is 19.1 Å². The third kappa shape index (κ3) is 4.66. The summed E-state index contributed by atoms with van der Waals surface area (Å²) in [7, 11) is 2.39. The molecule has 3 aromatic rings. The van der Waals surface area contributed by atoms with Crippen molar-refractivity contribution >= 4 is 29.2 Å². The van der Waals surface area contributed by atoms with Crippen LogP contribution < -0.4 is 0 Å². The molecule has 1 amide bonds. The highest BCUT2D eigenvalue weighted by Crippen LogP contribution is 2.25. The number of amides is 1. The van der Waals surface area contributed by atoms with E-state index in [-0.39, 0.29) is 5.82 Å². The normalized spacial score (nSPS) is 10.4. The van der Waals surface area contributed by atoms with Crippen LogP contribution in [0.25, 0.3) is 16.4 Å². The van der Waals surface area contributed by atoms with Crippen molar-refractivity contribution in [2.75, 3.05) is 27.3 Å². The molecule has 0 atom stereocenters. The van der Waals surface area contributed by atoms with E-state index in [2.05, 4.69) is 19.6 Å². The molecule has 0 aliphatic heterocycles. The molecule has 2 aromatic heterocycles. The molecule has 9 nitrogen and oxygen atoms in total. The van der Waals surface area contributed by atoms with Gasteiger partial charge in [-0.05, 0) is 23.6 Å². The molecule has 0 aliphatic carbocycles. The van der Waals surface area contributed by atoms with E-state index in [1.165, 1.54) is 25.6 Å². The van der Waals surface area contributed by atoms with E-state index in [0.29, 0.717) is 5.82 Å². The Bertz CT molecular complexity index is 983. The van der Waals surface area contributed by atoms with Gasteiger partial charge >= 0.3 is 11.9 Å². The van der Waals surface area contributed by atoms with Crippen LogP contribution in [0.2, 0.25) is 0 Å². The summed E-state index contributed by atoms with van der Waals surface area (Å²) in [5.41, 5.74) is 0.718. The molecule has 3 rings (SSSR count). The minimum atomic E-state index is -0.687. The van der Waals surface area contributed by atoms with Gasteiger partial charge in [-0.3, -0.25) is 14.4 Å². The number of rotatable bonds is 7. The van der Waals surface area contributed by atoms with Gasteiger partial charge in [0.2, 0.25) is 5.82 Å². The Morgan fingerprint density at radius 3 is 2.21 bits per heavy atom. The zero-order chi connectivity index (χ0) is 20.8. The number of aromatic nitrogens is 3. The van der Waals surface area contributed by atoms with Crippen LogP contribution in [0.15, 0.2) is 47.8 Å². The molecule has 0 unspecified atom stereocenters. The third-order valence-corrected chi connectivity index (χ3v) is 4.79. The summed E-state index contributed by atoms with van der Waals surface area (Å²) in [6.07, 6.45) is 0. The van der Waals surface area contributed by atoms with Crippen molar-refractivity contribution in [2.45, 2.75) is 0 Å². The first-order chi connectivity index (χ1) is 14.0. The second-order valence-electron chi connectivity index (χ2n) is 5.80. The zero-order valence-electron chi connectivity index (χ0n) is 15.8. The second-order valence-corrected chi connectivity index (χ2v) is 6.74. The first kappa shape index (κ1) is 20.2. The average molecular weight is 414 g/mol. The maximum Gasteiger partial charge on any atom is 0.325 e. The average Bonchev–Trinajstić information content (AvgIpc) is 3.42. The maximum absolute atomic E-state index is 13.0. The summed E-state index contributed by atoms with van der Waals surface area (Å²) in [6.45, 7) is -0.864. The highest BCUT2D eigenvalue weighted by molar-refractivity contribution is 7.13. The number of methoxy groups -OCH3 is 2. The van der Waals surface area contributed by atoms with E-state index in [9.17, 15) is 14.4 Å². The fourth-order valence-electron chi connectivity index (χ4n) is 2.50. The van der Waals surface area contributed by atoms with Crippen molar-refractivity contribution in [1.29, 1.82) is 0 Å². The minimum Gasteiger partial charge on any atom is -0.468 e. The first-order valence-corrected chi connectivity index (χ1v) is 9.40. The van der Waals surface area contributed by atoms with Crippen LogP contribution in [0.3, 0.4) is 0 Å². The van der Waals surface area contributed by atoms with Crippen molar-refractivity contribution in [1.82, 2.24) is 19.7 Å². The molecule has 29 heavy (non-hydrogen) atoms. The predicted molar refractivity (Wildman–Crippen MR) is 105 cm³/mol. The van der Waals surface area contributed by atoms with E-state index in [1.54, 1.807) is 4.68 Å². The lowest BCUT2D eigenvalue weighted by Gasteiger charge is -2.18. The van der Waals surface area contributed by atoms with Gasteiger partial charge < -0.3 is 14.4 Å². The number of thiophene rings is 1. The van der Waals surface area contributed by atoms with Crippen molar-refractivity contribution < 1.29 is 23.9 Å². The van der Waals surface area contributed by atoms with E-state index in [4.69, 9.17) is 0 Å². The molecule has 0 bridgehead atoms. The highest BCUT2D eigenvalue weighted by Gasteiger charge is 2.27. The lowest BCUT2D eigenvalue weighted by Crippen LogP contribution is -2.40. The van der Waals surface area contributed by atoms with Gasteiger partial charge in [0, 0.05) is 0 Å². The number of carbonyl (C=O) groups is 3. The molecule has 0 fully saturated rings. The van der Waals surface area contributed by atoms with Crippen LogP contribution in [0.5, 0.6) is 0 Å². The summed E-state index contributed by atoms with van der Waals surface area (Å²) in [5, 5.41) is 6.23. The van der Waals surface area contributed by atoms with Crippen molar-refractivity contribution in [3.63, 3.8) is 0 Å². The van der Waals surface area contributed by atoms with Crippen LogP contribution in [0.1, 0.15) is 10.6 Å². The molecule has 0 saturated carbocycles. The van der Waals surface area contributed by atoms with Crippen LogP contribution in [0.4, 0.5) is 0 Å². The van der Waals surface area contributed by atoms with Gasteiger partial charge in [0.15, 0.2) is 5.82 Å². The first-order valence-electron chi connectivity index (χ1n) is 8.52. The molecule has 10 heteroatoms. The van der Waals surface area contributed by atoms with Crippen LogP contribution >= 0.6 is 11.3 Å². The number of carbonyl (C=O) groups excluding carboxylic acids is 3. The van der Waals surface area contributed by atoms with Gasteiger partial charge in [-0.15, -0.1) is 16.4 Å². The smallest absolute Gasteiger partial charge is 0.325 e. The van der Waals surface area contributed by atoms with E-state index in [0.717, 1.165) is 15.5 Å². The summed E-state index contributed by atoms with van der Waals surface area (Å²) in [6, 6.07) is 13.0. The quantitative estimate of drug-likeness (QED) is 0.543. The predicted octanol–water partition coefficient (Wildman–Crippen LogP) is 1.78. The van der Waals surface area contributed by atoms with E-state index in [1.807, 2.05) is 47.8 Å². The topological polar surface area (TPSA) is 104 Å². The Kier molecular flexibility index (Phi) is 6.35. The fourth-order valence-corrected chi connectivity index (χ4v) is 3.20. The molecule has 0 saturated heterocycles. The monoisotopic (exact) mass is 414 g/mol. The standard InChI is InChI=1S/C19H18N4O5S/c1-27-15(24)11-22(12-16(25)28-2)19(26)17-20-18(14-9-6-10-29-14)23(21-17)13-7-4-3-5-8-13/h3-10H,11-12H2,1-2H3. The highest BCUT2D eigenvalue weighted by atomic mass is 32.1. The summed E-state index contributed by atoms with van der Waals surface area (Å²) in [5.74, 6) is -1.71. The van der Waals surface area contributed by atoms with Gasteiger partial charge in [0.05, 0.1) is 24.8 Å². The number of esters is 2. The molecular formula is C19H18N4O5S. The number of hydrogen-bond donors (Lipinski definition) is 0. The van der Waals surface area contributed by atoms with Gasteiger partial charge in [0.25, 0.3) is 5.91 Å². The Morgan fingerprint density at radius 1 is 1.00 bits per heavy atom. The van der Waals surface area contributed by atoms with Crippen molar-refractivity contribution in [3.05, 3.63) is 53.7 Å². The third-order valence-electron chi connectivity index (χ3n) is 3.92. The summed E-state index contributed by atoms with van der Waals surface area (Å²) in [4.78, 5) is 42.6. The Hall–Kier alpha value is -3.53. The largest absolute Gasteiger partial charge is 0.468 e. The number of nitrogens with zero attached hydrogens (tertiary/aromatic N) is 4. The number of hydrogen-bond acceptors (Lipinski definition) is 8. The molecule has 0 N–H and O–H groups in total. The Balaban J connectivity index is 2.01. The molecular weight excluding hydrogens is 396 g/mol. The molecule has 0 spiro atoms. The number of ether oxygens (including phenoxy) is 2. The number of para-hydroxylation sites is 1. The van der Waals surface area contributed by atoms with Crippen molar-refractivity contribution in [3.8, 4) is 16.4 Å². The second kappa shape index (κ2) is 9.11. The van der Waals surface area contributed by atoms with E-state index >= 15 is 0 Å².